The van der Waals surface area contributed by atoms with Crippen LogP contribution in [0.1, 0.15) is 48.3 Å². The van der Waals surface area contributed by atoms with Crippen molar-refractivity contribution >= 4 is 5.97 Å². The largest absolute Gasteiger partial charge is 0.462 e. The molecular weight excluding hydrogens is 394 g/mol. The van der Waals surface area contributed by atoms with Crippen LogP contribution in [0.3, 0.4) is 0 Å². The van der Waals surface area contributed by atoms with Crippen LogP contribution in [0.2, 0.25) is 0 Å². The molecule has 0 bridgehead atoms. The van der Waals surface area contributed by atoms with Gasteiger partial charge in [-0.25, -0.2) is 0 Å². The zero-order valence-corrected chi connectivity index (χ0v) is 19.2. The predicted molar refractivity (Wildman–Crippen MR) is 131 cm³/mol. The Morgan fingerprint density at radius 1 is 0.781 bits per heavy atom. The van der Waals surface area contributed by atoms with Crippen LogP contribution in [0.5, 0.6) is 0 Å². The van der Waals surface area contributed by atoms with E-state index in [-0.39, 0.29) is 12.1 Å². The van der Waals surface area contributed by atoms with Crippen LogP contribution in [-0.2, 0) is 22.5 Å². The highest BCUT2D eigenvalue weighted by atomic mass is 16.5. The lowest BCUT2D eigenvalue weighted by atomic mass is 9.82. The van der Waals surface area contributed by atoms with E-state index in [2.05, 4.69) is 67.5 Å². The fourth-order valence-corrected chi connectivity index (χ4v) is 4.61. The van der Waals surface area contributed by atoms with Gasteiger partial charge in [0.15, 0.2) is 0 Å². The van der Waals surface area contributed by atoms with E-state index in [0.717, 1.165) is 43.4 Å². The summed E-state index contributed by atoms with van der Waals surface area (Å²) in [5.41, 5.74) is 6.11. The van der Waals surface area contributed by atoms with Gasteiger partial charge in [-0.2, -0.15) is 0 Å². The zero-order valence-electron chi connectivity index (χ0n) is 19.2. The molecule has 3 aromatic rings. The average molecular weight is 428 g/mol. The molecule has 3 nitrogen and oxygen atoms in total. The Labute approximate surface area is 192 Å². The lowest BCUT2D eigenvalue weighted by Crippen LogP contribution is -2.24. The standard InChI is InChI=1S/C29H33NO2/c1-30(2)21-23-10-14-26(15-11-23)27-16-18-28(19-17-27)32-29(31)20-22-8-12-25(13-9-22)24-6-4-3-5-7-24/h3-15,27-28H,16-21H2,1-2H3/t27-,28-. The van der Waals surface area contributed by atoms with E-state index in [0.29, 0.717) is 12.3 Å². The molecule has 0 atom stereocenters. The molecule has 0 amide bonds. The quantitative estimate of drug-likeness (QED) is 0.419. The molecule has 4 rings (SSSR count). The second kappa shape index (κ2) is 10.6. The van der Waals surface area contributed by atoms with Crippen LogP contribution >= 0.6 is 0 Å². The number of nitrogens with zero attached hydrogens (tertiary/aromatic N) is 1. The first kappa shape index (κ1) is 22.3. The SMILES string of the molecule is CN(C)Cc1ccc([C@H]2CC[C@H](OC(=O)Cc3ccc(-c4ccccc4)cc3)CC2)cc1. The number of hydrogen-bond acceptors (Lipinski definition) is 3. The van der Waals surface area contributed by atoms with Crippen molar-refractivity contribution in [2.75, 3.05) is 14.1 Å². The Balaban J connectivity index is 1.24. The Bertz CT molecular complexity index is 986. The van der Waals surface area contributed by atoms with Gasteiger partial charge in [0.05, 0.1) is 6.42 Å². The van der Waals surface area contributed by atoms with Crippen molar-refractivity contribution in [1.82, 2.24) is 4.90 Å². The normalized spacial score (nSPS) is 18.5. The minimum atomic E-state index is -0.117. The van der Waals surface area contributed by atoms with Gasteiger partial charge in [0.2, 0.25) is 0 Å². The maximum atomic E-state index is 12.5. The highest BCUT2D eigenvalue weighted by molar-refractivity contribution is 5.73. The Hall–Kier alpha value is -2.91. The van der Waals surface area contributed by atoms with Crippen molar-refractivity contribution in [3.63, 3.8) is 0 Å². The van der Waals surface area contributed by atoms with Crippen LogP contribution < -0.4 is 0 Å². The van der Waals surface area contributed by atoms with Crippen molar-refractivity contribution in [3.8, 4) is 11.1 Å². The molecule has 166 valence electrons. The fraction of sp³-hybridized carbons (Fsp3) is 0.345. The molecule has 32 heavy (non-hydrogen) atoms. The molecule has 1 fully saturated rings. The minimum absolute atomic E-state index is 0.0513. The van der Waals surface area contributed by atoms with Crippen molar-refractivity contribution in [1.29, 1.82) is 0 Å². The highest BCUT2D eigenvalue weighted by Gasteiger charge is 2.25. The summed E-state index contributed by atoms with van der Waals surface area (Å²) in [6.45, 7) is 0.970. The van der Waals surface area contributed by atoms with E-state index in [1.165, 1.54) is 16.7 Å². The lowest BCUT2D eigenvalue weighted by Gasteiger charge is -2.28. The van der Waals surface area contributed by atoms with E-state index in [4.69, 9.17) is 4.74 Å². The lowest BCUT2D eigenvalue weighted by molar-refractivity contribution is -0.149. The van der Waals surface area contributed by atoms with Gasteiger partial charge in [-0.15, -0.1) is 0 Å². The summed E-state index contributed by atoms with van der Waals surface area (Å²) >= 11 is 0. The number of ether oxygens (including phenoxy) is 1. The molecule has 0 spiro atoms. The number of esters is 1. The van der Waals surface area contributed by atoms with Gasteiger partial charge in [0, 0.05) is 6.54 Å². The van der Waals surface area contributed by atoms with Crippen LogP contribution in [0.15, 0.2) is 78.9 Å². The van der Waals surface area contributed by atoms with Gasteiger partial charge < -0.3 is 9.64 Å². The topological polar surface area (TPSA) is 29.5 Å². The molecule has 0 heterocycles. The van der Waals surface area contributed by atoms with Gasteiger partial charge in [0.25, 0.3) is 0 Å². The second-order valence-corrected chi connectivity index (χ2v) is 9.18. The monoisotopic (exact) mass is 427 g/mol. The second-order valence-electron chi connectivity index (χ2n) is 9.18. The summed E-state index contributed by atoms with van der Waals surface area (Å²) in [4.78, 5) is 14.7. The van der Waals surface area contributed by atoms with E-state index in [1.807, 2.05) is 30.3 Å². The average Bonchev–Trinajstić information content (AvgIpc) is 2.81. The molecule has 0 saturated heterocycles. The molecule has 0 unspecified atom stereocenters. The molecule has 1 aliphatic carbocycles. The molecule has 0 N–H and O–H groups in total. The van der Waals surface area contributed by atoms with Crippen LogP contribution in [-0.4, -0.2) is 31.1 Å². The highest BCUT2D eigenvalue weighted by Crippen LogP contribution is 2.34. The summed E-state index contributed by atoms with van der Waals surface area (Å²) in [6, 6.07) is 27.5. The van der Waals surface area contributed by atoms with E-state index in [1.54, 1.807) is 0 Å². The molecule has 3 heteroatoms. The summed E-state index contributed by atoms with van der Waals surface area (Å²) in [6.07, 6.45) is 4.44. The number of benzene rings is 3. The Morgan fingerprint density at radius 3 is 2.00 bits per heavy atom. The maximum absolute atomic E-state index is 12.5. The van der Waals surface area contributed by atoms with Crippen LogP contribution in [0.25, 0.3) is 11.1 Å². The third-order valence-corrected chi connectivity index (χ3v) is 6.33. The van der Waals surface area contributed by atoms with Gasteiger partial charge in [0.1, 0.15) is 6.10 Å². The molecule has 3 aromatic carbocycles. The summed E-state index contributed by atoms with van der Waals surface area (Å²) in [7, 11) is 4.19. The minimum Gasteiger partial charge on any atom is -0.462 e. The molecular formula is C29H33NO2. The van der Waals surface area contributed by atoms with Gasteiger partial charge in [-0.05, 0) is 73.5 Å². The maximum Gasteiger partial charge on any atom is 0.310 e. The number of carbonyl (C=O) groups is 1. The van der Waals surface area contributed by atoms with Crippen molar-refractivity contribution < 1.29 is 9.53 Å². The summed E-state index contributed by atoms with van der Waals surface area (Å²) < 4.78 is 5.81. The molecule has 0 aliphatic heterocycles. The van der Waals surface area contributed by atoms with E-state index in [9.17, 15) is 4.79 Å². The van der Waals surface area contributed by atoms with Gasteiger partial charge >= 0.3 is 5.97 Å². The zero-order chi connectivity index (χ0) is 22.3. The van der Waals surface area contributed by atoms with Crippen molar-refractivity contribution in [2.45, 2.75) is 50.7 Å². The van der Waals surface area contributed by atoms with Crippen molar-refractivity contribution in [2.24, 2.45) is 0 Å². The third-order valence-electron chi connectivity index (χ3n) is 6.33. The molecule has 0 radical (unpaired) electrons. The Morgan fingerprint density at radius 2 is 1.38 bits per heavy atom. The van der Waals surface area contributed by atoms with E-state index < -0.39 is 0 Å². The third kappa shape index (κ3) is 6.08. The summed E-state index contributed by atoms with van der Waals surface area (Å²) in [5, 5.41) is 0. The number of carbonyl (C=O) groups excluding carboxylic acids is 1. The van der Waals surface area contributed by atoms with Gasteiger partial charge in [-0.3, -0.25) is 4.79 Å². The predicted octanol–water partition coefficient (Wildman–Crippen LogP) is 6.23. The van der Waals surface area contributed by atoms with Crippen molar-refractivity contribution in [3.05, 3.63) is 95.6 Å². The first-order chi connectivity index (χ1) is 15.6. The Kier molecular flexibility index (Phi) is 7.39. The molecule has 1 saturated carbocycles. The smallest absolute Gasteiger partial charge is 0.310 e. The molecule has 0 aromatic heterocycles. The number of hydrogen-bond donors (Lipinski definition) is 0. The fourth-order valence-electron chi connectivity index (χ4n) is 4.61. The van der Waals surface area contributed by atoms with E-state index >= 15 is 0 Å². The van der Waals surface area contributed by atoms with Crippen LogP contribution in [0.4, 0.5) is 0 Å². The molecule has 1 aliphatic rings. The van der Waals surface area contributed by atoms with Crippen LogP contribution in [0, 0.1) is 0 Å². The van der Waals surface area contributed by atoms with Gasteiger partial charge in [-0.1, -0.05) is 78.9 Å². The summed E-state index contributed by atoms with van der Waals surface area (Å²) in [5.74, 6) is 0.456. The first-order valence-electron chi connectivity index (χ1n) is 11.6. The first-order valence-corrected chi connectivity index (χ1v) is 11.6. The number of rotatable bonds is 7.